The smallest absolute Gasteiger partial charge is 0.257 e. The summed E-state index contributed by atoms with van der Waals surface area (Å²) in [6.45, 7) is 0.584. The average Bonchev–Trinajstić information content (AvgIpc) is 3.43. The zero-order valence-corrected chi connectivity index (χ0v) is 17.4. The first-order valence-electron chi connectivity index (χ1n) is 10.0. The van der Waals surface area contributed by atoms with Crippen molar-refractivity contribution >= 4 is 28.3 Å². The molecule has 158 valence electrons. The SMILES string of the molecule is O=C(Nc1nc2c(s1)CCC[C@H]2C(=O)NCc1cccnc1)c1ccc2c(c1)OCO2. The Morgan fingerprint density at radius 3 is 2.97 bits per heavy atom. The van der Waals surface area contributed by atoms with Gasteiger partial charge in [-0.15, -0.1) is 11.3 Å². The lowest BCUT2D eigenvalue weighted by Crippen LogP contribution is -2.31. The summed E-state index contributed by atoms with van der Waals surface area (Å²) in [7, 11) is 0. The highest BCUT2D eigenvalue weighted by Crippen LogP contribution is 2.37. The number of ether oxygens (including phenoxy) is 2. The molecule has 0 saturated heterocycles. The Bertz CT molecular complexity index is 1130. The van der Waals surface area contributed by atoms with Crippen LogP contribution in [0.5, 0.6) is 11.5 Å². The minimum atomic E-state index is -0.312. The van der Waals surface area contributed by atoms with Gasteiger partial charge in [-0.1, -0.05) is 6.07 Å². The fourth-order valence-electron chi connectivity index (χ4n) is 3.75. The molecule has 2 N–H and O–H groups in total. The largest absolute Gasteiger partial charge is 0.454 e. The summed E-state index contributed by atoms with van der Waals surface area (Å²) in [6, 6.07) is 8.82. The van der Waals surface area contributed by atoms with Crippen LogP contribution in [0.1, 0.15) is 45.3 Å². The molecule has 9 heteroatoms. The molecule has 2 aliphatic rings. The molecule has 1 aromatic carbocycles. The normalized spacial score (nSPS) is 16.5. The molecule has 2 aromatic heterocycles. The Morgan fingerprint density at radius 2 is 2.10 bits per heavy atom. The van der Waals surface area contributed by atoms with Gasteiger partial charge in [0.1, 0.15) is 0 Å². The van der Waals surface area contributed by atoms with E-state index in [0.29, 0.717) is 28.7 Å². The fourth-order valence-corrected chi connectivity index (χ4v) is 4.81. The van der Waals surface area contributed by atoms with E-state index in [1.807, 2.05) is 12.1 Å². The van der Waals surface area contributed by atoms with Crippen molar-refractivity contribution < 1.29 is 19.1 Å². The van der Waals surface area contributed by atoms with Crippen molar-refractivity contribution in [2.75, 3.05) is 12.1 Å². The standard InChI is InChI=1S/C22H20N4O4S/c27-20(14-6-7-16-17(9-14)30-12-29-16)26-22-25-19-15(4-1-5-18(19)31-22)21(28)24-11-13-3-2-8-23-10-13/h2-3,6-10,15H,1,4-5,11-12H2,(H,24,28)(H,25,26,27)/t15-/m1/s1. The number of aromatic nitrogens is 2. The molecule has 3 heterocycles. The molecule has 8 nitrogen and oxygen atoms in total. The van der Waals surface area contributed by atoms with Crippen molar-refractivity contribution in [2.45, 2.75) is 31.7 Å². The molecule has 1 aliphatic carbocycles. The van der Waals surface area contributed by atoms with Crippen molar-refractivity contribution in [3.8, 4) is 11.5 Å². The number of fused-ring (bicyclic) bond motifs is 2. The minimum absolute atomic E-state index is 0.0521. The Labute approximate surface area is 182 Å². The van der Waals surface area contributed by atoms with E-state index in [4.69, 9.17) is 9.47 Å². The number of thiazole rings is 1. The van der Waals surface area contributed by atoms with Gasteiger partial charge in [0.2, 0.25) is 12.7 Å². The third kappa shape index (κ3) is 4.09. The van der Waals surface area contributed by atoms with E-state index in [1.165, 1.54) is 11.3 Å². The van der Waals surface area contributed by atoms with Crippen LogP contribution in [-0.4, -0.2) is 28.6 Å². The summed E-state index contributed by atoms with van der Waals surface area (Å²) < 4.78 is 10.6. The molecule has 0 spiro atoms. The molecule has 0 fully saturated rings. The van der Waals surface area contributed by atoms with Gasteiger partial charge in [-0.2, -0.15) is 0 Å². The molecule has 5 rings (SSSR count). The van der Waals surface area contributed by atoms with Crippen LogP contribution >= 0.6 is 11.3 Å². The number of carbonyl (C=O) groups excluding carboxylic acids is 2. The van der Waals surface area contributed by atoms with E-state index in [1.54, 1.807) is 30.6 Å². The zero-order chi connectivity index (χ0) is 21.2. The summed E-state index contributed by atoms with van der Waals surface area (Å²) in [4.78, 5) is 35.2. The predicted octanol–water partition coefficient (Wildman–Crippen LogP) is 3.26. The van der Waals surface area contributed by atoms with Crippen LogP contribution in [0.4, 0.5) is 5.13 Å². The highest BCUT2D eigenvalue weighted by molar-refractivity contribution is 7.16. The van der Waals surface area contributed by atoms with Crippen LogP contribution in [0.2, 0.25) is 0 Å². The highest BCUT2D eigenvalue weighted by Gasteiger charge is 2.30. The number of rotatable bonds is 5. The van der Waals surface area contributed by atoms with Gasteiger partial charge in [-0.25, -0.2) is 4.98 Å². The lowest BCUT2D eigenvalue weighted by Gasteiger charge is -2.20. The number of pyridine rings is 1. The summed E-state index contributed by atoms with van der Waals surface area (Å²) in [5, 5.41) is 6.34. The van der Waals surface area contributed by atoms with E-state index in [2.05, 4.69) is 20.6 Å². The summed E-state index contributed by atoms with van der Waals surface area (Å²) >= 11 is 1.43. The maximum Gasteiger partial charge on any atom is 0.257 e. The Morgan fingerprint density at radius 1 is 1.19 bits per heavy atom. The number of nitrogens with zero attached hydrogens (tertiary/aromatic N) is 2. The van der Waals surface area contributed by atoms with Crippen molar-refractivity contribution in [1.29, 1.82) is 0 Å². The first-order chi connectivity index (χ1) is 15.2. The predicted molar refractivity (Wildman–Crippen MR) is 114 cm³/mol. The Balaban J connectivity index is 1.28. The molecular formula is C22H20N4O4S. The van der Waals surface area contributed by atoms with Crippen LogP contribution in [0.25, 0.3) is 0 Å². The molecule has 31 heavy (non-hydrogen) atoms. The first kappa shape index (κ1) is 19.5. The van der Waals surface area contributed by atoms with Crippen LogP contribution < -0.4 is 20.1 Å². The first-order valence-corrected chi connectivity index (χ1v) is 10.9. The van der Waals surface area contributed by atoms with E-state index >= 15 is 0 Å². The number of carbonyl (C=O) groups is 2. The molecule has 0 radical (unpaired) electrons. The Kier molecular flexibility index (Phi) is 5.25. The third-order valence-electron chi connectivity index (χ3n) is 5.32. The molecule has 0 saturated carbocycles. The van der Waals surface area contributed by atoms with Gasteiger partial charge in [0, 0.05) is 29.4 Å². The highest BCUT2D eigenvalue weighted by atomic mass is 32.1. The number of hydrogen-bond acceptors (Lipinski definition) is 7. The fraction of sp³-hybridized carbons (Fsp3) is 0.273. The number of anilines is 1. The second-order valence-electron chi connectivity index (χ2n) is 7.37. The number of nitrogens with one attached hydrogen (secondary N) is 2. The van der Waals surface area contributed by atoms with E-state index in [9.17, 15) is 9.59 Å². The number of amides is 2. The van der Waals surface area contributed by atoms with E-state index in [0.717, 1.165) is 35.4 Å². The van der Waals surface area contributed by atoms with Crippen LogP contribution in [0, 0.1) is 0 Å². The number of benzene rings is 1. The lowest BCUT2D eigenvalue weighted by atomic mass is 9.90. The van der Waals surface area contributed by atoms with Crippen LogP contribution in [0.15, 0.2) is 42.7 Å². The quantitative estimate of drug-likeness (QED) is 0.637. The number of aryl methyl sites for hydroxylation is 1. The maximum atomic E-state index is 12.8. The van der Waals surface area contributed by atoms with Gasteiger partial charge < -0.3 is 14.8 Å². The number of hydrogen-bond donors (Lipinski definition) is 2. The second kappa shape index (κ2) is 8.35. The van der Waals surface area contributed by atoms with Crippen LogP contribution in [0.3, 0.4) is 0 Å². The van der Waals surface area contributed by atoms with Crippen molar-refractivity contribution in [2.24, 2.45) is 0 Å². The van der Waals surface area contributed by atoms with E-state index in [-0.39, 0.29) is 24.5 Å². The summed E-state index contributed by atoms with van der Waals surface area (Å²) in [5.74, 6) is 0.538. The van der Waals surface area contributed by atoms with E-state index < -0.39 is 0 Å². The van der Waals surface area contributed by atoms with Gasteiger partial charge in [0.15, 0.2) is 16.6 Å². The third-order valence-corrected chi connectivity index (χ3v) is 6.36. The van der Waals surface area contributed by atoms with Gasteiger partial charge in [-0.3, -0.25) is 19.9 Å². The van der Waals surface area contributed by atoms with Gasteiger partial charge in [-0.05, 0) is 49.1 Å². The molecular weight excluding hydrogens is 416 g/mol. The molecule has 1 aliphatic heterocycles. The van der Waals surface area contributed by atoms with Crippen LogP contribution in [-0.2, 0) is 17.8 Å². The maximum absolute atomic E-state index is 12.8. The van der Waals surface area contributed by atoms with Crippen molar-refractivity contribution in [1.82, 2.24) is 15.3 Å². The van der Waals surface area contributed by atoms with Gasteiger partial charge >= 0.3 is 0 Å². The van der Waals surface area contributed by atoms with Gasteiger partial charge in [0.05, 0.1) is 11.6 Å². The average molecular weight is 436 g/mol. The van der Waals surface area contributed by atoms with Crippen molar-refractivity contribution in [3.63, 3.8) is 0 Å². The lowest BCUT2D eigenvalue weighted by molar-refractivity contribution is -0.123. The Hall–Kier alpha value is -3.46. The molecule has 0 unspecified atom stereocenters. The molecule has 3 aromatic rings. The molecule has 1 atom stereocenters. The molecule has 0 bridgehead atoms. The van der Waals surface area contributed by atoms with Crippen molar-refractivity contribution in [3.05, 3.63) is 64.4 Å². The summed E-state index contributed by atoms with van der Waals surface area (Å²) in [6.07, 6.45) is 5.95. The zero-order valence-electron chi connectivity index (χ0n) is 16.6. The summed E-state index contributed by atoms with van der Waals surface area (Å²) in [5.41, 5.74) is 2.17. The van der Waals surface area contributed by atoms with Gasteiger partial charge in [0.25, 0.3) is 5.91 Å². The monoisotopic (exact) mass is 436 g/mol. The topological polar surface area (TPSA) is 102 Å². The molecule has 2 amide bonds. The minimum Gasteiger partial charge on any atom is -0.454 e. The second-order valence-corrected chi connectivity index (χ2v) is 8.46.